The smallest absolute Gasteiger partial charge is 0.239 e. The van der Waals surface area contributed by atoms with Crippen LogP contribution in [0, 0.1) is 0 Å². The van der Waals surface area contributed by atoms with Crippen LogP contribution in [-0.4, -0.2) is 58.2 Å². The number of carbonyl (C=O) groups is 1. The van der Waals surface area contributed by atoms with Gasteiger partial charge in [0.25, 0.3) is 0 Å². The maximum absolute atomic E-state index is 12.5. The zero-order valence-corrected chi connectivity index (χ0v) is 17.7. The van der Waals surface area contributed by atoms with Gasteiger partial charge >= 0.3 is 0 Å². The van der Waals surface area contributed by atoms with Gasteiger partial charge in [-0.2, -0.15) is 5.10 Å². The minimum absolute atomic E-state index is 0.00968. The lowest BCUT2D eigenvalue weighted by Gasteiger charge is -2.34. The Morgan fingerprint density at radius 3 is 2.66 bits per heavy atom. The summed E-state index contributed by atoms with van der Waals surface area (Å²) in [6.07, 6.45) is 1.70. The van der Waals surface area contributed by atoms with Crippen LogP contribution < -0.4 is 5.32 Å². The molecule has 0 spiro atoms. The first kappa shape index (κ1) is 20.1. The van der Waals surface area contributed by atoms with Crippen LogP contribution in [0.5, 0.6) is 0 Å². The Hall–Kier alpha value is -2.19. The molecule has 1 amide bonds. The van der Waals surface area contributed by atoms with Gasteiger partial charge in [0.2, 0.25) is 5.91 Å². The van der Waals surface area contributed by atoms with E-state index in [-0.39, 0.29) is 5.91 Å². The number of hydrogen-bond acceptors (Lipinski definition) is 5. The highest BCUT2D eigenvalue weighted by molar-refractivity contribution is 7.09. The van der Waals surface area contributed by atoms with Crippen LogP contribution in [0.3, 0.4) is 0 Å². The second-order valence-electron chi connectivity index (χ2n) is 7.18. The molecule has 6 nitrogen and oxygen atoms in total. The van der Waals surface area contributed by atoms with E-state index >= 15 is 0 Å². The number of benzene rings is 1. The highest BCUT2D eigenvalue weighted by atomic mass is 35.5. The summed E-state index contributed by atoms with van der Waals surface area (Å²) in [5.74, 6) is 0.691. The lowest BCUT2D eigenvalue weighted by molar-refractivity contribution is -0.117. The van der Waals surface area contributed by atoms with Gasteiger partial charge in [-0.1, -0.05) is 29.8 Å². The third kappa shape index (κ3) is 5.67. The molecule has 1 N–H and O–H groups in total. The van der Waals surface area contributed by atoms with E-state index in [1.807, 2.05) is 30.3 Å². The minimum atomic E-state index is -0.00968. The maximum Gasteiger partial charge on any atom is 0.239 e. The number of hydrogen-bond donors (Lipinski definition) is 1. The van der Waals surface area contributed by atoms with Crippen molar-refractivity contribution in [3.63, 3.8) is 0 Å². The fraction of sp³-hybridized carbons (Fsp3) is 0.333. The zero-order valence-electron chi connectivity index (χ0n) is 16.1. The van der Waals surface area contributed by atoms with Gasteiger partial charge in [0.1, 0.15) is 5.82 Å². The Morgan fingerprint density at radius 1 is 1.07 bits per heavy atom. The Morgan fingerprint density at radius 2 is 1.90 bits per heavy atom. The third-order valence-corrected chi connectivity index (χ3v) is 6.09. The molecule has 3 aromatic rings. The monoisotopic (exact) mass is 429 g/mol. The van der Waals surface area contributed by atoms with E-state index in [1.165, 1.54) is 4.88 Å². The van der Waals surface area contributed by atoms with E-state index in [9.17, 15) is 4.79 Å². The summed E-state index contributed by atoms with van der Waals surface area (Å²) in [5.41, 5.74) is 1.04. The van der Waals surface area contributed by atoms with Crippen LogP contribution in [0.4, 0.5) is 5.82 Å². The Kier molecular flexibility index (Phi) is 6.61. The van der Waals surface area contributed by atoms with Crippen LogP contribution in [0.15, 0.2) is 54.0 Å². The fourth-order valence-electron chi connectivity index (χ4n) is 3.49. The van der Waals surface area contributed by atoms with Gasteiger partial charge in [0.15, 0.2) is 0 Å². The molecule has 0 radical (unpaired) electrons. The molecule has 1 saturated heterocycles. The molecule has 0 unspecified atom stereocenters. The van der Waals surface area contributed by atoms with E-state index in [0.717, 1.165) is 38.3 Å². The first-order valence-corrected chi connectivity index (χ1v) is 10.9. The Bertz CT molecular complexity index is 934. The average Bonchev–Trinajstić information content (AvgIpc) is 3.36. The number of halogens is 1. The summed E-state index contributed by atoms with van der Waals surface area (Å²) in [7, 11) is 0. The Labute approximate surface area is 179 Å². The number of rotatable bonds is 7. The van der Waals surface area contributed by atoms with Crippen LogP contribution in [0.2, 0.25) is 5.02 Å². The number of anilines is 1. The summed E-state index contributed by atoms with van der Waals surface area (Å²) >= 11 is 7.86. The lowest BCUT2D eigenvalue weighted by Crippen LogP contribution is -2.48. The number of carbonyl (C=O) groups excluding carboxylic acids is 1. The van der Waals surface area contributed by atoms with Crippen molar-refractivity contribution < 1.29 is 4.79 Å². The number of thiophene rings is 1. The van der Waals surface area contributed by atoms with E-state index in [0.29, 0.717) is 23.9 Å². The largest absolute Gasteiger partial charge is 0.310 e. The van der Waals surface area contributed by atoms with Crippen LogP contribution >= 0.6 is 22.9 Å². The summed E-state index contributed by atoms with van der Waals surface area (Å²) in [6, 6.07) is 13.8. The van der Waals surface area contributed by atoms with Crippen molar-refractivity contribution in [3.05, 3.63) is 69.5 Å². The predicted octanol–water partition coefficient (Wildman–Crippen LogP) is 3.40. The molecule has 8 heteroatoms. The third-order valence-electron chi connectivity index (χ3n) is 5.00. The highest BCUT2D eigenvalue weighted by Crippen LogP contribution is 2.15. The fourth-order valence-corrected chi connectivity index (χ4v) is 4.45. The zero-order chi connectivity index (χ0) is 20.1. The van der Waals surface area contributed by atoms with Gasteiger partial charge in [-0.25, -0.2) is 4.68 Å². The number of piperazine rings is 1. The minimum Gasteiger partial charge on any atom is -0.310 e. The van der Waals surface area contributed by atoms with Gasteiger partial charge in [-0.15, -0.1) is 11.3 Å². The van der Waals surface area contributed by atoms with Crippen molar-refractivity contribution in [3.8, 4) is 0 Å². The van der Waals surface area contributed by atoms with Gasteiger partial charge in [-0.05, 0) is 29.1 Å². The first-order valence-electron chi connectivity index (χ1n) is 9.69. The van der Waals surface area contributed by atoms with Crippen molar-refractivity contribution in [2.45, 2.75) is 13.1 Å². The van der Waals surface area contributed by atoms with E-state index in [2.05, 4.69) is 37.7 Å². The second kappa shape index (κ2) is 9.54. The molecule has 1 aliphatic rings. The molecule has 1 aromatic carbocycles. The number of nitrogens with zero attached hydrogens (tertiary/aromatic N) is 4. The highest BCUT2D eigenvalue weighted by Gasteiger charge is 2.19. The molecule has 0 aliphatic carbocycles. The molecular formula is C21H24ClN5OS. The van der Waals surface area contributed by atoms with Crippen LogP contribution in [0.25, 0.3) is 0 Å². The first-order chi connectivity index (χ1) is 14.2. The van der Waals surface area contributed by atoms with Gasteiger partial charge in [0.05, 0.1) is 19.3 Å². The van der Waals surface area contributed by atoms with E-state index in [4.69, 9.17) is 11.6 Å². The molecular weight excluding hydrogens is 406 g/mol. The molecule has 152 valence electrons. The number of amides is 1. The quantitative estimate of drug-likeness (QED) is 0.625. The normalized spacial score (nSPS) is 15.5. The molecule has 29 heavy (non-hydrogen) atoms. The van der Waals surface area contributed by atoms with Gasteiger partial charge in [0, 0.05) is 48.7 Å². The maximum atomic E-state index is 12.5. The molecule has 0 saturated carbocycles. The molecule has 2 aromatic heterocycles. The molecule has 4 rings (SSSR count). The van der Waals surface area contributed by atoms with Gasteiger partial charge in [-0.3, -0.25) is 14.6 Å². The SMILES string of the molecule is O=C(CN1CCN(Cc2cccs2)CC1)Nc1ccnn1Cc1cccc(Cl)c1. The van der Waals surface area contributed by atoms with Crippen molar-refractivity contribution in [2.24, 2.45) is 0 Å². The van der Waals surface area contributed by atoms with Crippen molar-refractivity contribution in [2.75, 3.05) is 38.0 Å². The lowest BCUT2D eigenvalue weighted by atomic mass is 10.2. The predicted molar refractivity (Wildman–Crippen MR) is 117 cm³/mol. The standard InChI is InChI=1S/C21H24ClN5OS/c22-18-4-1-3-17(13-18)14-27-20(6-7-23-27)24-21(28)16-26-10-8-25(9-11-26)15-19-5-2-12-29-19/h1-7,12-13H,8-11,14-16H2,(H,24,28). The number of aromatic nitrogens is 2. The molecule has 1 fully saturated rings. The summed E-state index contributed by atoms with van der Waals surface area (Å²) in [4.78, 5) is 18.6. The number of nitrogens with one attached hydrogen (secondary N) is 1. The molecule has 1 aliphatic heterocycles. The average molecular weight is 430 g/mol. The second-order valence-corrected chi connectivity index (χ2v) is 8.65. The topological polar surface area (TPSA) is 53.4 Å². The van der Waals surface area contributed by atoms with Crippen molar-refractivity contribution in [1.82, 2.24) is 19.6 Å². The molecule has 3 heterocycles. The van der Waals surface area contributed by atoms with Gasteiger partial charge < -0.3 is 5.32 Å². The van der Waals surface area contributed by atoms with Crippen molar-refractivity contribution in [1.29, 1.82) is 0 Å². The van der Waals surface area contributed by atoms with E-state index < -0.39 is 0 Å². The van der Waals surface area contributed by atoms with E-state index in [1.54, 1.807) is 22.2 Å². The Balaban J connectivity index is 1.26. The van der Waals surface area contributed by atoms with Crippen LogP contribution in [-0.2, 0) is 17.9 Å². The molecule has 0 bridgehead atoms. The molecule has 0 atom stereocenters. The summed E-state index contributed by atoms with van der Waals surface area (Å²) in [6.45, 7) is 5.73. The summed E-state index contributed by atoms with van der Waals surface area (Å²) < 4.78 is 1.78. The van der Waals surface area contributed by atoms with Crippen LogP contribution in [0.1, 0.15) is 10.4 Å². The summed E-state index contributed by atoms with van der Waals surface area (Å²) in [5, 5.41) is 10.1. The van der Waals surface area contributed by atoms with Crippen molar-refractivity contribution >= 4 is 34.7 Å².